The fourth-order valence-corrected chi connectivity index (χ4v) is 1.69. The molecule has 0 spiro atoms. The molecule has 0 atom stereocenters. The van der Waals surface area contributed by atoms with Crippen molar-refractivity contribution in [3.8, 4) is 0 Å². The predicted molar refractivity (Wildman–Crippen MR) is 70.8 cm³/mol. The zero-order valence-corrected chi connectivity index (χ0v) is 11.4. The number of hydrogen-bond acceptors (Lipinski definition) is 4. The molecule has 0 unspecified atom stereocenters. The van der Waals surface area contributed by atoms with E-state index >= 15 is 0 Å². The Balaban J connectivity index is 2.96. The molecule has 0 aromatic carbocycles. The molecule has 0 bridgehead atoms. The Morgan fingerprint density at radius 3 is 2.50 bits per heavy atom. The van der Waals surface area contributed by atoms with Gasteiger partial charge in [0.2, 0.25) is 0 Å². The summed E-state index contributed by atoms with van der Waals surface area (Å²) in [6.07, 6.45) is 1.50. The van der Waals surface area contributed by atoms with Crippen molar-refractivity contribution in [2.45, 2.75) is 33.6 Å². The van der Waals surface area contributed by atoms with E-state index in [2.05, 4.69) is 37.7 Å². The number of aromatic nitrogens is 2. The summed E-state index contributed by atoms with van der Waals surface area (Å²) < 4.78 is 0. The Labute approximate surface area is 108 Å². The summed E-state index contributed by atoms with van der Waals surface area (Å²) in [4.78, 5) is 21.1. The lowest BCUT2D eigenvalue weighted by molar-refractivity contribution is -0.135. The van der Waals surface area contributed by atoms with Crippen LogP contribution in [0.3, 0.4) is 0 Å². The van der Waals surface area contributed by atoms with Crippen LogP contribution in [0.2, 0.25) is 0 Å². The lowest BCUT2D eigenvalue weighted by Gasteiger charge is -2.24. The average Bonchev–Trinajstić information content (AvgIpc) is 2.27. The number of hydrogen-bond donors (Lipinski definition) is 1. The van der Waals surface area contributed by atoms with Crippen LogP contribution in [0.1, 0.15) is 39.3 Å². The van der Waals surface area contributed by atoms with E-state index in [1.54, 1.807) is 4.90 Å². The van der Waals surface area contributed by atoms with Gasteiger partial charge in [0.25, 0.3) is 0 Å². The summed E-state index contributed by atoms with van der Waals surface area (Å²) in [6, 6.07) is 1.87. The average molecular weight is 251 g/mol. The first-order valence-electron chi connectivity index (χ1n) is 6.18. The molecular weight excluding hydrogens is 230 g/mol. The summed E-state index contributed by atoms with van der Waals surface area (Å²) >= 11 is 0. The Kier molecular flexibility index (Phi) is 5.07. The van der Waals surface area contributed by atoms with E-state index in [9.17, 15) is 4.79 Å². The maximum Gasteiger partial charge on any atom is 0.323 e. The van der Waals surface area contributed by atoms with E-state index in [4.69, 9.17) is 5.11 Å². The molecule has 1 aromatic heterocycles. The minimum atomic E-state index is -0.847. The second-order valence-electron chi connectivity index (χ2n) is 5.12. The number of carboxylic acid groups (broad SMARTS) is 1. The second kappa shape index (κ2) is 6.33. The molecule has 0 saturated carbocycles. The smallest absolute Gasteiger partial charge is 0.323 e. The number of carbonyl (C=O) groups is 1. The SMILES string of the molecule is CC(C)CN(CC(=O)O)c1cc(C(C)C)ncn1. The van der Waals surface area contributed by atoms with Crippen molar-refractivity contribution in [3.63, 3.8) is 0 Å². The third kappa shape index (κ3) is 4.31. The van der Waals surface area contributed by atoms with E-state index < -0.39 is 5.97 Å². The van der Waals surface area contributed by atoms with E-state index in [0.29, 0.717) is 24.2 Å². The van der Waals surface area contributed by atoms with Gasteiger partial charge in [0.05, 0.1) is 0 Å². The highest BCUT2D eigenvalue weighted by Crippen LogP contribution is 2.17. The Hall–Kier alpha value is -1.65. The first-order chi connectivity index (χ1) is 8.40. The number of anilines is 1. The molecular formula is C13H21N3O2. The second-order valence-corrected chi connectivity index (χ2v) is 5.12. The lowest BCUT2D eigenvalue weighted by atomic mass is 10.1. The Bertz CT molecular complexity index is 405. The molecule has 18 heavy (non-hydrogen) atoms. The lowest BCUT2D eigenvalue weighted by Crippen LogP contribution is -2.33. The van der Waals surface area contributed by atoms with Crippen LogP contribution in [0.15, 0.2) is 12.4 Å². The van der Waals surface area contributed by atoms with Crippen molar-refractivity contribution in [1.29, 1.82) is 0 Å². The van der Waals surface area contributed by atoms with Crippen LogP contribution in [0.25, 0.3) is 0 Å². The predicted octanol–water partition coefficient (Wildman–Crippen LogP) is 2.15. The summed E-state index contributed by atoms with van der Waals surface area (Å²) in [7, 11) is 0. The third-order valence-electron chi connectivity index (χ3n) is 2.50. The third-order valence-corrected chi connectivity index (χ3v) is 2.50. The monoisotopic (exact) mass is 251 g/mol. The van der Waals surface area contributed by atoms with Crippen molar-refractivity contribution in [3.05, 3.63) is 18.1 Å². The maximum atomic E-state index is 10.9. The molecule has 5 nitrogen and oxygen atoms in total. The highest BCUT2D eigenvalue weighted by Gasteiger charge is 2.14. The summed E-state index contributed by atoms with van der Waals surface area (Å²) in [5.74, 6) is 0.518. The zero-order valence-electron chi connectivity index (χ0n) is 11.4. The van der Waals surface area contributed by atoms with Crippen molar-refractivity contribution in [2.24, 2.45) is 5.92 Å². The fourth-order valence-electron chi connectivity index (χ4n) is 1.69. The number of aliphatic carboxylic acids is 1. The number of rotatable bonds is 6. The van der Waals surface area contributed by atoms with Gasteiger partial charge in [0.1, 0.15) is 18.7 Å². The topological polar surface area (TPSA) is 66.3 Å². The summed E-state index contributed by atoms with van der Waals surface area (Å²) in [5.41, 5.74) is 0.930. The molecule has 1 aromatic rings. The van der Waals surface area contributed by atoms with Gasteiger partial charge >= 0.3 is 5.97 Å². The van der Waals surface area contributed by atoms with Gasteiger partial charge in [0, 0.05) is 18.3 Å². The molecule has 0 radical (unpaired) electrons. The quantitative estimate of drug-likeness (QED) is 0.839. The van der Waals surface area contributed by atoms with Crippen LogP contribution in [0.4, 0.5) is 5.82 Å². The van der Waals surface area contributed by atoms with E-state index in [1.165, 1.54) is 6.33 Å². The van der Waals surface area contributed by atoms with Crippen LogP contribution in [0, 0.1) is 5.92 Å². The van der Waals surface area contributed by atoms with Crippen LogP contribution < -0.4 is 4.90 Å². The van der Waals surface area contributed by atoms with Gasteiger partial charge in [-0.1, -0.05) is 27.7 Å². The molecule has 0 aliphatic rings. The molecule has 1 heterocycles. The van der Waals surface area contributed by atoms with Gasteiger partial charge in [-0.05, 0) is 11.8 Å². The van der Waals surface area contributed by atoms with Crippen molar-refractivity contribution >= 4 is 11.8 Å². The first kappa shape index (κ1) is 14.4. The fraction of sp³-hybridized carbons (Fsp3) is 0.615. The van der Waals surface area contributed by atoms with Crippen LogP contribution in [-0.4, -0.2) is 34.1 Å². The van der Waals surface area contributed by atoms with Crippen LogP contribution in [0.5, 0.6) is 0 Å². The molecule has 0 saturated heterocycles. The van der Waals surface area contributed by atoms with E-state index in [-0.39, 0.29) is 6.54 Å². The molecule has 5 heteroatoms. The van der Waals surface area contributed by atoms with Crippen LogP contribution >= 0.6 is 0 Å². The van der Waals surface area contributed by atoms with Gasteiger partial charge in [-0.2, -0.15) is 0 Å². The molecule has 100 valence electrons. The summed E-state index contributed by atoms with van der Waals surface area (Å²) in [6.45, 7) is 8.85. The van der Waals surface area contributed by atoms with Gasteiger partial charge < -0.3 is 10.0 Å². The molecule has 1 rings (SSSR count). The molecule has 0 aliphatic carbocycles. The number of carboxylic acids is 1. The van der Waals surface area contributed by atoms with Crippen molar-refractivity contribution in [2.75, 3.05) is 18.0 Å². The molecule has 0 amide bonds. The van der Waals surface area contributed by atoms with Gasteiger partial charge in [-0.25, -0.2) is 9.97 Å². The molecule has 1 N–H and O–H groups in total. The largest absolute Gasteiger partial charge is 0.480 e. The normalized spacial score (nSPS) is 11.0. The standard InChI is InChI=1S/C13H21N3O2/c1-9(2)6-16(7-13(17)18)12-5-11(10(3)4)14-8-15-12/h5,8-10H,6-7H2,1-4H3,(H,17,18). The molecule has 0 aliphatic heterocycles. The van der Waals surface area contributed by atoms with Crippen molar-refractivity contribution < 1.29 is 9.90 Å². The van der Waals surface area contributed by atoms with Crippen molar-refractivity contribution in [1.82, 2.24) is 9.97 Å². The zero-order chi connectivity index (χ0) is 13.7. The van der Waals surface area contributed by atoms with Gasteiger partial charge in [0.15, 0.2) is 0 Å². The van der Waals surface area contributed by atoms with Gasteiger partial charge in [-0.15, -0.1) is 0 Å². The van der Waals surface area contributed by atoms with E-state index in [1.807, 2.05) is 6.07 Å². The van der Waals surface area contributed by atoms with Crippen LogP contribution in [-0.2, 0) is 4.79 Å². The highest BCUT2D eigenvalue weighted by atomic mass is 16.4. The maximum absolute atomic E-state index is 10.9. The number of nitrogens with zero attached hydrogens (tertiary/aromatic N) is 3. The summed E-state index contributed by atoms with van der Waals surface area (Å²) in [5, 5.41) is 8.95. The minimum absolute atomic E-state index is 0.0350. The molecule has 0 fully saturated rings. The Morgan fingerprint density at radius 2 is 2.00 bits per heavy atom. The van der Waals surface area contributed by atoms with Gasteiger partial charge in [-0.3, -0.25) is 4.79 Å². The minimum Gasteiger partial charge on any atom is -0.480 e. The first-order valence-corrected chi connectivity index (χ1v) is 6.18. The highest BCUT2D eigenvalue weighted by molar-refractivity contribution is 5.73. The Morgan fingerprint density at radius 1 is 1.33 bits per heavy atom. The van der Waals surface area contributed by atoms with E-state index in [0.717, 1.165) is 5.69 Å².